The van der Waals surface area contributed by atoms with Crippen LogP contribution < -0.4 is 19.5 Å². The summed E-state index contributed by atoms with van der Waals surface area (Å²) < 4.78 is 15.7. The Morgan fingerprint density at radius 3 is 2.00 bits per heavy atom. The first-order chi connectivity index (χ1) is 12.9. The van der Waals surface area contributed by atoms with Crippen LogP contribution in [-0.2, 0) is 10.2 Å². The fourth-order valence-electron chi connectivity index (χ4n) is 2.68. The van der Waals surface area contributed by atoms with Crippen LogP contribution >= 0.6 is 0 Å². The molecule has 2 rings (SSSR count). The van der Waals surface area contributed by atoms with Crippen molar-refractivity contribution in [3.63, 3.8) is 0 Å². The predicted molar refractivity (Wildman–Crippen MR) is 99.9 cm³/mol. The molecular weight excluding hydrogens is 350 g/mol. The number of carboxylic acid groups (broad SMARTS) is 1. The zero-order valence-corrected chi connectivity index (χ0v) is 15.7. The molecule has 0 aliphatic heterocycles. The Labute approximate surface area is 157 Å². The average Bonchev–Trinajstić information content (AvgIpc) is 2.70. The average molecular weight is 373 g/mol. The van der Waals surface area contributed by atoms with Crippen LogP contribution in [0.15, 0.2) is 42.5 Å². The van der Waals surface area contributed by atoms with Gasteiger partial charge in [-0.25, -0.2) is 0 Å². The zero-order valence-electron chi connectivity index (χ0n) is 15.7. The SMILES string of the molecule is COc1cc(C(=O)NCC(C)(C(=O)O)c2ccccc2)cc(OC)c1OC. The van der Waals surface area contributed by atoms with Crippen molar-refractivity contribution in [3.8, 4) is 17.2 Å². The minimum atomic E-state index is -1.27. The van der Waals surface area contributed by atoms with E-state index in [-0.39, 0.29) is 12.1 Å². The van der Waals surface area contributed by atoms with Crippen LogP contribution in [0.1, 0.15) is 22.8 Å². The number of hydrogen-bond donors (Lipinski definition) is 2. The van der Waals surface area contributed by atoms with Crippen molar-refractivity contribution < 1.29 is 28.9 Å². The van der Waals surface area contributed by atoms with Gasteiger partial charge >= 0.3 is 5.97 Å². The summed E-state index contributed by atoms with van der Waals surface area (Å²) in [6.45, 7) is 1.49. The molecule has 0 bridgehead atoms. The van der Waals surface area contributed by atoms with Crippen molar-refractivity contribution in [2.24, 2.45) is 0 Å². The molecule has 7 heteroatoms. The lowest BCUT2D eigenvalue weighted by Gasteiger charge is -2.25. The van der Waals surface area contributed by atoms with Gasteiger partial charge in [-0.15, -0.1) is 0 Å². The molecule has 0 fully saturated rings. The van der Waals surface area contributed by atoms with Crippen LogP contribution in [0.25, 0.3) is 0 Å². The highest BCUT2D eigenvalue weighted by atomic mass is 16.5. The maximum atomic E-state index is 12.6. The monoisotopic (exact) mass is 373 g/mol. The van der Waals surface area contributed by atoms with Gasteiger partial charge in [-0.2, -0.15) is 0 Å². The van der Waals surface area contributed by atoms with Crippen LogP contribution in [0.5, 0.6) is 17.2 Å². The van der Waals surface area contributed by atoms with Gasteiger partial charge < -0.3 is 24.6 Å². The number of ether oxygens (including phenoxy) is 3. The lowest BCUT2D eigenvalue weighted by atomic mass is 9.82. The normalized spacial score (nSPS) is 12.6. The highest BCUT2D eigenvalue weighted by Crippen LogP contribution is 2.38. The third kappa shape index (κ3) is 4.13. The van der Waals surface area contributed by atoms with Gasteiger partial charge in [-0.05, 0) is 24.6 Å². The van der Waals surface area contributed by atoms with Crippen LogP contribution in [0, 0.1) is 0 Å². The topological polar surface area (TPSA) is 94.1 Å². The van der Waals surface area contributed by atoms with Gasteiger partial charge in [0.25, 0.3) is 5.91 Å². The first-order valence-electron chi connectivity index (χ1n) is 8.24. The predicted octanol–water partition coefficient (Wildman–Crippen LogP) is 2.48. The summed E-state index contributed by atoms with van der Waals surface area (Å²) in [6.07, 6.45) is 0. The Morgan fingerprint density at radius 2 is 1.56 bits per heavy atom. The molecule has 2 aromatic rings. The molecule has 0 saturated heterocycles. The van der Waals surface area contributed by atoms with Gasteiger partial charge in [-0.1, -0.05) is 30.3 Å². The summed E-state index contributed by atoms with van der Waals surface area (Å²) in [5, 5.41) is 12.4. The van der Waals surface area contributed by atoms with Crippen LogP contribution in [0.3, 0.4) is 0 Å². The highest BCUT2D eigenvalue weighted by Gasteiger charge is 2.35. The third-order valence-electron chi connectivity index (χ3n) is 4.41. The number of hydrogen-bond acceptors (Lipinski definition) is 5. The summed E-state index contributed by atoms with van der Waals surface area (Å²) >= 11 is 0. The Hall–Kier alpha value is -3.22. The first-order valence-corrected chi connectivity index (χ1v) is 8.24. The van der Waals surface area contributed by atoms with Gasteiger partial charge in [0.05, 0.1) is 21.3 Å². The molecule has 0 aromatic heterocycles. The molecule has 1 unspecified atom stereocenters. The highest BCUT2D eigenvalue weighted by molar-refractivity contribution is 5.96. The summed E-state index contributed by atoms with van der Waals surface area (Å²) in [5.74, 6) is -0.426. The molecule has 0 radical (unpaired) electrons. The van der Waals surface area contributed by atoms with Gasteiger partial charge in [0, 0.05) is 12.1 Å². The number of benzene rings is 2. The minimum absolute atomic E-state index is 0.0815. The molecule has 144 valence electrons. The molecule has 0 saturated carbocycles. The van der Waals surface area contributed by atoms with E-state index in [4.69, 9.17) is 14.2 Å². The molecule has 2 aromatic carbocycles. The van der Waals surface area contributed by atoms with Gasteiger partial charge in [0.15, 0.2) is 11.5 Å². The maximum absolute atomic E-state index is 12.6. The summed E-state index contributed by atoms with van der Waals surface area (Å²) in [5.41, 5.74) is -0.398. The zero-order chi connectivity index (χ0) is 20.0. The van der Waals surface area contributed by atoms with E-state index >= 15 is 0 Å². The third-order valence-corrected chi connectivity index (χ3v) is 4.41. The van der Waals surface area contributed by atoms with Gasteiger partial charge in [0.2, 0.25) is 5.75 Å². The van der Waals surface area contributed by atoms with E-state index in [1.807, 2.05) is 0 Å². The number of methoxy groups -OCH3 is 3. The van der Waals surface area contributed by atoms with Crippen molar-refractivity contribution in [3.05, 3.63) is 53.6 Å². The van der Waals surface area contributed by atoms with Crippen molar-refractivity contribution >= 4 is 11.9 Å². The lowest BCUT2D eigenvalue weighted by molar-refractivity contribution is -0.142. The van der Waals surface area contributed by atoms with Crippen molar-refractivity contribution in [1.29, 1.82) is 0 Å². The van der Waals surface area contributed by atoms with Crippen LogP contribution in [0.2, 0.25) is 0 Å². The van der Waals surface area contributed by atoms with Crippen LogP contribution in [0.4, 0.5) is 0 Å². The quantitative estimate of drug-likeness (QED) is 0.738. The maximum Gasteiger partial charge on any atom is 0.315 e. The summed E-state index contributed by atoms with van der Waals surface area (Å²) in [6, 6.07) is 11.8. The standard InChI is InChI=1S/C20H23NO6/c1-20(19(23)24,14-8-6-5-7-9-14)12-21-18(22)13-10-15(25-2)17(27-4)16(11-13)26-3/h5-11H,12H2,1-4H3,(H,21,22)(H,23,24). The molecule has 1 atom stereocenters. The lowest BCUT2D eigenvalue weighted by Crippen LogP contribution is -2.44. The number of carbonyl (C=O) groups is 2. The molecule has 2 N–H and O–H groups in total. The molecule has 0 spiro atoms. The first kappa shape index (κ1) is 20.1. The van der Waals surface area contributed by atoms with E-state index in [2.05, 4.69) is 5.32 Å². The summed E-state index contributed by atoms with van der Waals surface area (Å²) in [7, 11) is 4.38. The molecule has 0 heterocycles. The molecule has 0 aliphatic carbocycles. The molecule has 27 heavy (non-hydrogen) atoms. The van der Waals surface area contributed by atoms with E-state index in [1.54, 1.807) is 37.3 Å². The number of carboxylic acids is 1. The van der Waals surface area contributed by atoms with Gasteiger partial charge in [0.1, 0.15) is 5.41 Å². The van der Waals surface area contributed by atoms with Gasteiger partial charge in [-0.3, -0.25) is 9.59 Å². The van der Waals surface area contributed by atoms with E-state index < -0.39 is 17.3 Å². The fraction of sp³-hybridized carbons (Fsp3) is 0.300. The van der Waals surface area contributed by atoms with E-state index in [0.717, 1.165) is 0 Å². The Kier molecular flexibility index (Phi) is 6.28. The second kappa shape index (κ2) is 8.44. The number of aliphatic carboxylic acids is 1. The number of rotatable bonds is 8. The molecule has 1 amide bonds. The Balaban J connectivity index is 2.27. The number of amides is 1. The van der Waals surface area contributed by atoms with Crippen molar-refractivity contribution in [1.82, 2.24) is 5.32 Å². The second-order valence-corrected chi connectivity index (χ2v) is 6.10. The number of carbonyl (C=O) groups excluding carboxylic acids is 1. The fourth-order valence-corrected chi connectivity index (χ4v) is 2.68. The smallest absolute Gasteiger partial charge is 0.315 e. The molecule has 7 nitrogen and oxygen atoms in total. The summed E-state index contributed by atoms with van der Waals surface area (Å²) in [4.78, 5) is 24.5. The number of nitrogens with one attached hydrogen (secondary N) is 1. The minimum Gasteiger partial charge on any atom is -0.493 e. The van der Waals surface area contributed by atoms with Crippen LogP contribution in [-0.4, -0.2) is 44.9 Å². The molecule has 0 aliphatic rings. The van der Waals surface area contributed by atoms with Crippen molar-refractivity contribution in [2.45, 2.75) is 12.3 Å². The second-order valence-electron chi connectivity index (χ2n) is 6.10. The van der Waals surface area contributed by atoms with E-state index in [1.165, 1.54) is 33.5 Å². The Bertz CT molecular complexity index is 795. The van der Waals surface area contributed by atoms with E-state index in [0.29, 0.717) is 22.8 Å². The largest absolute Gasteiger partial charge is 0.493 e. The van der Waals surface area contributed by atoms with E-state index in [9.17, 15) is 14.7 Å². The molecular formula is C20H23NO6. The van der Waals surface area contributed by atoms with Crippen molar-refractivity contribution in [2.75, 3.05) is 27.9 Å². The Morgan fingerprint density at radius 1 is 1.00 bits per heavy atom.